The maximum absolute atomic E-state index is 13.0. The summed E-state index contributed by atoms with van der Waals surface area (Å²) in [6.45, 7) is 2.01. The van der Waals surface area contributed by atoms with Crippen LogP contribution in [-0.4, -0.2) is 9.55 Å². The first-order valence-electron chi connectivity index (χ1n) is 7.37. The van der Waals surface area contributed by atoms with Crippen molar-refractivity contribution in [1.29, 1.82) is 0 Å². The zero-order chi connectivity index (χ0) is 15.8. The molecule has 2 heterocycles. The monoisotopic (exact) mass is 302 g/mol. The number of aryl methyl sites for hydroxylation is 1. The Hall–Kier alpha value is -3.14. The molecule has 0 radical (unpaired) electrons. The molecule has 2 aromatic heterocycles. The zero-order valence-corrected chi connectivity index (χ0v) is 12.6. The molecule has 4 heteroatoms. The molecule has 4 aromatic rings. The molecule has 0 aliphatic rings. The maximum Gasteiger partial charge on any atom is 0.266 e. The van der Waals surface area contributed by atoms with E-state index in [4.69, 9.17) is 4.42 Å². The number of benzene rings is 2. The summed E-state index contributed by atoms with van der Waals surface area (Å²) in [5.41, 5.74) is 2.46. The fraction of sp³-hybridized carbons (Fsp3) is 0.0526. The van der Waals surface area contributed by atoms with Gasteiger partial charge in [0.05, 0.1) is 22.9 Å². The van der Waals surface area contributed by atoms with Gasteiger partial charge >= 0.3 is 0 Å². The maximum atomic E-state index is 13.0. The summed E-state index contributed by atoms with van der Waals surface area (Å²) >= 11 is 0. The summed E-state index contributed by atoms with van der Waals surface area (Å²) in [6, 6.07) is 18.7. The highest BCUT2D eigenvalue weighted by molar-refractivity contribution is 5.79. The molecule has 0 spiro atoms. The van der Waals surface area contributed by atoms with E-state index in [-0.39, 0.29) is 5.56 Å². The van der Waals surface area contributed by atoms with Crippen molar-refractivity contribution in [2.24, 2.45) is 0 Å². The molecule has 0 aliphatic heterocycles. The molecule has 112 valence electrons. The molecule has 4 nitrogen and oxygen atoms in total. The molecule has 23 heavy (non-hydrogen) atoms. The Bertz CT molecular complexity index is 1030. The third kappa shape index (κ3) is 2.25. The number of fused-ring (bicyclic) bond motifs is 1. The van der Waals surface area contributed by atoms with Crippen LogP contribution >= 0.6 is 0 Å². The normalized spacial score (nSPS) is 11.0. The Morgan fingerprint density at radius 1 is 0.957 bits per heavy atom. The van der Waals surface area contributed by atoms with Gasteiger partial charge in [0.1, 0.15) is 0 Å². The third-order valence-corrected chi connectivity index (χ3v) is 3.81. The lowest BCUT2D eigenvalue weighted by Crippen LogP contribution is -2.21. The Labute approximate surface area is 132 Å². The van der Waals surface area contributed by atoms with E-state index in [1.807, 2.05) is 49.4 Å². The topological polar surface area (TPSA) is 48.0 Å². The summed E-state index contributed by atoms with van der Waals surface area (Å²) in [5, 5.41) is 0.586. The van der Waals surface area contributed by atoms with E-state index < -0.39 is 0 Å². The second-order valence-electron chi connectivity index (χ2n) is 5.41. The third-order valence-electron chi connectivity index (χ3n) is 3.81. The first kappa shape index (κ1) is 13.5. The Balaban J connectivity index is 2.11. The second kappa shape index (κ2) is 5.25. The Kier molecular flexibility index (Phi) is 3.08. The standard InChI is InChI=1S/C19H14N2O2/c1-13-8-10-14(11-9-13)21-18(17-7-4-12-23-17)20-16-6-3-2-5-15(16)19(21)22/h2-12H,1H3. The SMILES string of the molecule is Cc1ccc(-n2c(-c3ccco3)nc3ccccc3c2=O)cc1. The minimum atomic E-state index is -0.106. The van der Waals surface area contributed by atoms with Crippen molar-refractivity contribution in [3.05, 3.63) is 82.8 Å². The van der Waals surface area contributed by atoms with E-state index in [1.165, 1.54) is 0 Å². The van der Waals surface area contributed by atoms with Gasteiger partial charge in [0, 0.05) is 0 Å². The quantitative estimate of drug-likeness (QED) is 0.563. The van der Waals surface area contributed by atoms with Crippen LogP contribution in [0.3, 0.4) is 0 Å². The summed E-state index contributed by atoms with van der Waals surface area (Å²) in [7, 11) is 0. The molecule has 0 amide bonds. The molecule has 0 atom stereocenters. The van der Waals surface area contributed by atoms with Crippen LogP contribution in [0.5, 0.6) is 0 Å². The summed E-state index contributed by atoms with van der Waals surface area (Å²) in [5.74, 6) is 1.07. The number of hydrogen-bond donors (Lipinski definition) is 0. The van der Waals surface area contributed by atoms with Gasteiger partial charge in [-0.2, -0.15) is 0 Å². The smallest absolute Gasteiger partial charge is 0.266 e. The predicted octanol–water partition coefficient (Wildman–Crippen LogP) is 3.95. The van der Waals surface area contributed by atoms with Crippen LogP contribution in [0.25, 0.3) is 28.2 Å². The predicted molar refractivity (Wildman–Crippen MR) is 89.8 cm³/mol. The van der Waals surface area contributed by atoms with Gasteiger partial charge in [-0.1, -0.05) is 29.8 Å². The largest absolute Gasteiger partial charge is 0.461 e. The number of aromatic nitrogens is 2. The van der Waals surface area contributed by atoms with Crippen LogP contribution in [0.15, 0.2) is 76.1 Å². The lowest BCUT2D eigenvalue weighted by atomic mass is 10.2. The highest BCUT2D eigenvalue weighted by Gasteiger charge is 2.15. The van der Waals surface area contributed by atoms with Gasteiger partial charge in [0.15, 0.2) is 11.6 Å². The number of rotatable bonds is 2. The van der Waals surface area contributed by atoms with E-state index in [0.29, 0.717) is 22.5 Å². The van der Waals surface area contributed by atoms with Crippen LogP contribution < -0.4 is 5.56 Å². The molecular formula is C19H14N2O2. The lowest BCUT2D eigenvalue weighted by Gasteiger charge is -2.12. The van der Waals surface area contributed by atoms with E-state index in [2.05, 4.69) is 4.98 Å². The van der Waals surface area contributed by atoms with Gasteiger partial charge in [0.25, 0.3) is 5.56 Å². The van der Waals surface area contributed by atoms with Crippen LogP contribution in [0.1, 0.15) is 5.56 Å². The van der Waals surface area contributed by atoms with Crippen molar-refractivity contribution in [2.45, 2.75) is 6.92 Å². The zero-order valence-electron chi connectivity index (χ0n) is 12.6. The van der Waals surface area contributed by atoms with E-state index in [1.54, 1.807) is 29.0 Å². The molecule has 0 fully saturated rings. The average Bonchev–Trinajstić information content (AvgIpc) is 3.10. The highest BCUT2D eigenvalue weighted by atomic mass is 16.3. The van der Waals surface area contributed by atoms with Crippen LogP contribution in [0.4, 0.5) is 0 Å². The minimum Gasteiger partial charge on any atom is -0.461 e. The Morgan fingerprint density at radius 3 is 2.48 bits per heavy atom. The van der Waals surface area contributed by atoms with Gasteiger partial charge in [-0.15, -0.1) is 0 Å². The summed E-state index contributed by atoms with van der Waals surface area (Å²) in [4.78, 5) is 17.7. The number of nitrogens with zero attached hydrogens (tertiary/aromatic N) is 2. The fourth-order valence-electron chi connectivity index (χ4n) is 2.64. The van der Waals surface area contributed by atoms with Crippen molar-refractivity contribution < 1.29 is 4.42 Å². The molecule has 0 bridgehead atoms. The first-order valence-corrected chi connectivity index (χ1v) is 7.37. The van der Waals surface area contributed by atoms with Gasteiger partial charge in [0.2, 0.25) is 0 Å². The van der Waals surface area contributed by atoms with Crippen molar-refractivity contribution in [2.75, 3.05) is 0 Å². The van der Waals surface area contributed by atoms with Gasteiger partial charge in [-0.25, -0.2) is 4.98 Å². The van der Waals surface area contributed by atoms with Gasteiger partial charge in [-0.05, 0) is 43.3 Å². The van der Waals surface area contributed by atoms with Crippen LogP contribution in [0, 0.1) is 6.92 Å². The molecule has 0 aliphatic carbocycles. The van der Waals surface area contributed by atoms with Gasteiger partial charge < -0.3 is 4.42 Å². The van der Waals surface area contributed by atoms with E-state index in [9.17, 15) is 4.79 Å². The highest BCUT2D eigenvalue weighted by Crippen LogP contribution is 2.22. The molecule has 0 N–H and O–H groups in total. The summed E-state index contributed by atoms with van der Waals surface area (Å²) in [6.07, 6.45) is 1.58. The van der Waals surface area contributed by atoms with Crippen molar-refractivity contribution in [1.82, 2.24) is 9.55 Å². The molecule has 2 aromatic carbocycles. The van der Waals surface area contributed by atoms with Crippen molar-refractivity contribution in [3.63, 3.8) is 0 Å². The van der Waals surface area contributed by atoms with Crippen LogP contribution in [-0.2, 0) is 0 Å². The van der Waals surface area contributed by atoms with E-state index in [0.717, 1.165) is 11.3 Å². The molecule has 0 saturated heterocycles. The Morgan fingerprint density at radius 2 is 1.74 bits per heavy atom. The number of furan rings is 1. The molecule has 0 unspecified atom stereocenters. The number of hydrogen-bond acceptors (Lipinski definition) is 3. The van der Waals surface area contributed by atoms with Gasteiger partial charge in [-0.3, -0.25) is 9.36 Å². The number of para-hydroxylation sites is 1. The first-order chi connectivity index (χ1) is 11.2. The lowest BCUT2D eigenvalue weighted by molar-refractivity contribution is 0.574. The van der Waals surface area contributed by atoms with Crippen molar-refractivity contribution in [3.8, 4) is 17.3 Å². The minimum absolute atomic E-state index is 0.106. The molecular weight excluding hydrogens is 288 g/mol. The van der Waals surface area contributed by atoms with Crippen LogP contribution in [0.2, 0.25) is 0 Å². The average molecular weight is 302 g/mol. The summed E-state index contributed by atoms with van der Waals surface area (Å²) < 4.78 is 7.08. The molecule has 0 saturated carbocycles. The molecule has 4 rings (SSSR count). The van der Waals surface area contributed by atoms with Crippen molar-refractivity contribution >= 4 is 10.9 Å². The second-order valence-corrected chi connectivity index (χ2v) is 5.41. The van der Waals surface area contributed by atoms with E-state index >= 15 is 0 Å². The fourth-order valence-corrected chi connectivity index (χ4v) is 2.64.